The van der Waals surface area contributed by atoms with Crippen LogP contribution in [0.15, 0.2) is 46.2 Å². The highest BCUT2D eigenvalue weighted by Crippen LogP contribution is 2.21. The molecule has 1 atom stereocenters. The molecule has 0 radical (unpaired) electrons. The number of halogens is 1. The summed E-state index contributed by atoms with van der Waals surface area (Å²) in [6.07, 6.45) is 1.81. The van der Waals surface area contributed by atoms with Crippen LogP contribution < -0.4 is 0 Å². The Kier molecular flexibility index (Phi) is 4.99. The minimum atomic E-state index is -0.572. The summed E-state index contributed by atoms with van der Waals surface area (Å²) in [7, 11) is 1.76. The number of rotatable bonds is 5. The van der Waals surface area contributed by atoms with Crippen molar-refractivity contribution >= 4 is 27.5 Å². The van der Waals surface area contributed by atoms with Gasteiger partial charge in [-0.05, 0) is 25.1 Å². The highest BCUT2D eigenvalue weighted by Gasteiger charge is 2.31. The molecule has 2 aromatic rings. The van der Waals surface area contributed by atoms with E-state index in [0.29, 0.717) is 13.0 Å². The van der Waals surface area contributed by atoms with Crippen molar-refractivity contribution in [3.8, 4) is 0 Å². The van der Waals surface area contributed by atoms with Crippen LogP contribution in [0.5, 0.6) is 0 Å². The van der Waals surface area contributed by atoms with Crippen LogP contribution in [-0.2, 0) is 22.7 Å². The highest BCUT2D eigenvalue weighted by atomic mass is 79.9. The lowest BCUT2D eigenvalue weighted by Crippen LogP contribution is -2.36. The Bertz CT molecular complexity index is 771. The van der Waals surface area contributed by atoms with Crippen LogP contribution >= 0.6 is 15.9 Å². The lowest BCUT2D eigenvalue weighted by Gasteiger charge is -2.18. The SMILES string of the molecule is CCn1ccc(CN(C)C(=O)C2CC(c3cccc(Br)c3)=NO2)n1. The van der Waals surface area contributed by atoms with Crippen molar-refractivity contribution in [2.45, 2.75) is 32.5 Å². The maximum Gasteiger partial charge on any atom is 0.267 e. The second-order valence-electron chi connectivity index (χ2n) is 5.70. The van der Waals surface area contributed by atoms with Gasteiger partial charge in [-0.3, -0.25) is 9.48 Å². The molecule has 1 aromatic carbocycles. The summed E-state index contributed by atoms with van der Waals surface area (Å²) >= 11 is 3.44. The molecule has 24 heavy (non-hydrogen) atoms. The zero-order valence-corrected chi connectivity index (χ0v) is 15.2. The molecule has 2 heterocycles. The molecule has 0 spiro atoms. The van der Waals surface area contributed by atoms with Gasteiger partial charge in [0, 0.05) is 36.2 Å². The predicted octanol–water partition coefficient (Wildman–Crippen LogP) is 2.82. The summed E-state index contributed by atoms with van der Waals surface area (Å²) in [5, 5.41) is 8.48. The number of carbonyl (C=O) groups is 1. The Labute approximate surface area is 149 Å². The number of amides is 1. The van der Waals surface area contributed by atoms with Gasteiger partial charge >= 0.3 is 0 Å². The molecule has 1 amide bonds. The molecule has 7 heteroatoms. The van der Waals surface area contributed by atoms with Crippen LogP contribution in [0.3, 0.4) is 0 Å². The summed E-state index contributed by atoms with van der Waals surface area (Å²) in [5.41, 5.74) is 2.61. The van der Waals surface area contributed by atoms with E-state index in [1.54, 1.807) is 11.9 Å². The minimum Gasteiger partial charge on any atom is -0.382 e. The van der Waals surface area contributed by atoms with Gasteiger partial charge in [-0.15, -0.1) is 0 Å². The van der Waals surface area contributed by atoms with Crippen molar-refractivity contribution in [1.29, 1.82) is 0 Å². The van der Waals surface area contributed by atoms with Gasteiger partial charge in [-0.1, -0.05) is 33.2 Å². The van der Waals surface area contributed by atoms with E-state index in [1.807, 2.05) is 48.1 Å². The van der Waals surface area contributed by atoms with Crippen molar-refractivity contribution in [3.05, 3.63) is 52.3 Å². The summed E-state index contributed by atoms with van der Waals surface area (Å²) in [5.74, 6) is -0.0882. The smallest absolute Gasteiger partial charge is 0.267 e. The number of carbonyl (C=O) groups excluding carboxylic acids is 1. The Morgan fingerprint density at radius 3 is 3.00 bits per heavy atom. The van der Waals surface area contributed by atoms with E-state index in [-0.39, 0.29) is 5.91 Å². The lowest BCUT2D eigenvalue weighted by molar-refractivity contribution is -0.141. The third-order valence-electron chi connectivity index (χ3n) is 3.90. The van der Waals surface area contributed by atoms with Crippen LogP contribution in [-0.4, -0.2) is 39.5 Å². The van der Waals surface area contributed by atoms with Crippen molar-refractivity contribution in [3.63, 3.8) is 0 Å². The van der Waals surface area contributed by atoms with E-state index >= 15 is 0 Å². The number of hydrogen-bond donors (Lipinski definition) is 0. The number of nitrogens with zero attached hydrogens (tertiary/aromatic N) is 4. The molecule has 1 unspecified atom stereocenters. The number of likely N-dealkylation sites (N-methyl/N-ethyl adjacent to an activating group) is 1. The summed E-state index contributed by atoms with van der Waals surface area (Å²) < 4.78 is 2.81. The Morgan fingerprint density at radius 2 is 2.29 bits per heavy atom. The molecule has 0 saturated carbocycles. The maximum absolute atomic E-state index is 12.6. The van der Waals surface area contributed by atoms with E-state index in [4.69, 9.17) is 4.84 Å². The van der Waals surface area contributed by atoms with Gasteiger partial charge in [0.05, 0.1) is 18.0 Å². The number of hydrogen-bond acceptors (Lipinski definition) is 4. The van der Waals surface area contributed by atoms with Crippen LogP contribution in [0.1, 0.15) is 24.6 Å². The third kappa shape index (κ3) is 3.67. The summed E-state index contributed by atoms with van der Waals surface area (Å²) in [6, 6.07) is 9.74. The van der Waals surface area contributed by atoms with E-state index in [0.717, 1.165) is 28.0 Å². The monoisotopic (exact) mass is 390 g/mol. The zero-order valence-electron chi connectivity index (χ0n) is 13.6. The molecule has 0 bridgehead atoms. The van der Waals surface area contributed by atoms with E-state index in [9.17, 15) is 4.79 Å². The zero-order chi connectivity index (χ0) is 17.1. The normalized spacial score (nSPS) is 16.6. The van der Waals surface area contributed by atoms with Gasteiger partial charge in [0.15, 0.2) is 0 Å². The van der Waals surface area contributed by atoms with Crippen molar-refractivity contribution in [2.24, 2.45) is 5.16 Å². The molecule has 1 aromatic heterocycles. The molecule has 3 rings (SSSR count). The van der Waals surface area contributed by atoms with Crippen molar-refractivity contribution in [2.75, 3.05) is 7.05 Å². The van der Waals surface area contributed by atoms with Gasteiger partial charge in [-0.2, -0.15) is 5.10 Å². The fraction of sp³-hybridized carbons (Fsp3) is 0.353. The molecule has 126 valence electrons. The van der Waals surface area contributed by atoms with Crippen LogP contribution in [0.2, 0.25) is 0 Å². The molecular formula is C17H19BrN4O2. The van der Waals surface area contributed by atoms with Crippen molar-refractivity contribution in [1.82, 2.24) is 14.7 Å². The number of aromatic nitrogens is 2. The van der Waals surface area contributed by atoms with Gasteiger partial charge in [0.1, 0.15) is 0 Å². The molecule has 0 aliphatic carbocycles. The van der Waals surface area contributed by atoms with Gasteiger partial charge < -0.3 is 9.74 Å². The Hall–Kier alpha value is -2.15. The van der Waals surface area contributed by atoms with Crippen LogP contribution in [0.4, 0.5) is 0 Å². The van der Waals surface area contributed by atoms with E-state index < -0.39 is 6.10 Å². The fourth-order valence-electron chi connectivity index (χ4n) is 2.58. The van der Waals surface area contributed by atoms with E-state index in [2.05, 4.69) is 26.2 Å². The third-order valence-corrected chi connectivity index (χ3v) is 4.39. The first-order valence-electron chi connectivity index (χ1n) is 7.82. The number of oxime groups is 1. The first-order chi connectivity index (χ1) is 11.6. The Balaban J connectivity index is 1.60. The molecule has 0 N–H and O–H groups in total. The second-order valence-corrected chi connectivity index (χ2v) is 6.62. The lowest BCUT2D eigenvalue weighted by atomic mass is 10.0. The average Bonchev–Trinajstić information content (AvgIpc) is 3.23. The standard InChI is InChI=1S/C17H19BrN4O2/c1-3-22-8-7-14(19-22)11-21(2)17(23)16-10-15(20-24-16)12-5-4-6-13(18)9-12/h4-9,16H,3,10-11H2,1-2H3. The molecular weight excluding hydrogens is 372 g/mol. The predicted molar refractivity (Wildman–Crippen MR) is 94.5 cm³/mol. The van der Waals surface area contributed by atoms with Crippen LogP contribution in [0.25, 0.3) is 0 Å². The molecule has 0 saturated heterocycles. The first kappa shape index (κ1) is 16.7. The number of benzene rings is 1. The molecule has 1 aliphatic rings. The Morgan fingerprint density at radius 1 is 1.46 bits per heavy atom. The van der Waals surface area contributed by atoms with Crippen molar-refractivity contribution < 1.29 is 9.63 Å². The van der Waals surface area contributed by atoms with Crippen LogP contribution in [0, 0.1) is 0 Å². The molecule has 1 aliphatic heterocycles. The topological polar surface area (TPSA) is 59.7 Å². The summed E-state index contributed by atoms with van der Waals surface area (Å²) in [4.78, 5) is 19.5. The fourth-order valence-corrected chi connectivity index (χ4v) is 2.98. The average molecular weight is 391 g/mol. The molecule has 6 nitrogen and oxygen atoms in total. The maximum atomic E-state index is 12.6. The highest BCUT2D eigenvalue weighted by molar-refractivity contribution is 9.10. The first-order valence-corrected chi connectivity index (χ1v) is 8.62. The van der Waals surface area contributed by atoms with E-state index in [1.165, 1.54) is 0 Å². The van der Waals surface area contributed by atoms with Gasteiger partial charge in [0.2, 0.25) is 6.10 Å². The quantitative estimate of drug-likeness (QED) is 0.788. The second kappa shape index (κ2) is 7.17. The largest absolute Gasteiger partial charge is 0.382 e. The summed E-state index contributed by atoms with van der Waals surface area (Å²) in [6.45, 7) is 3.30. The minimum absolute atomic E-state index is 0.0882. The molecule has 0 fully saturated rings. The van der Waals surface area contributed by atoms with Gasteiger partial charge in [-0.25, -0.2) is 0 Å². The number of aryl methyl sites for hydroxylation is 1. The van der Waals surface area contributed by atoms with Gasteiger partial charge in [0.25, 0.3) is 5.91 Å².